The molecule has 0 radical (unpaired) electrons. The topological polar surface area (TPSA) is 35.6 Å². The van der Waals surface area contributed by atoms with E-state index >= 15 is 0 Å². The Morgan fingerprint density at radius 2 is 1.92 bits per heavy atom. The predicted molar refractivity (Wildman–Crippen MR) is 100.0 cm³/mol. The molecule has 1 amide bonds. The monoisotopic (exact) mass is 329 g/mol. The van der Waals surface area contributed by atoms with Crippen molar-refractivity contribution in [2.75, 3.05) is 39.0 Å². The molecule has 0 fully saturated rings. The Balaban J connectivity index is 1.97. The van der Waals surface area contributed by atoms with E-state index in [0.717, 1.165) is 31.6 Å². The number of nitrogens with one attached hydrogen (secondary N) is 1. The maximum atomic E-state index is 12.7. The number of nitrogens with zero attached hydrogens (tertiary/aromatic N) is 2. The predicted octanol–water partition coefficient (Wildman–Crippen LogP) is 3.33. The summed E-state index contributed by atoms with van der Waals surface area (Å²) in [6, 6.07) is 4.69. The number of benzene rings is 1. The Labute approximate surface area is 146 Å². The third-order valence-corrected chi connectivity index (χ3v) is 5.48. The molecule has 4 heteroatoms. The molecule has 0 saturated carbocycles. The zero-order valence-electron chi connectivity index (χ0n) is 15.6. The highest BCUT2D eigenvalue weighted by atomic mass is 16.2. The highest BCUT2D eigenvalue weighted by molar-refractivity contribution is 5.97. The molecule has 0 aromatic heterocycles. The summed E-state index contributed by atoms with van der Waals surface area (Å²) in [5, 5.41) is 3.56. The average Bonchev–Trinajstić information content (AvgIpc) is 2.98. The van der Waals surface area contributed by atoms with Gasteiger partial charge in [-0.1, -0.05) is 13.8 Å². The second-order valence-corrected chi connectivity index (χ2v) is 7.46. The van der Waals surface area contributed by atoms with Crippen LogP contribution >= 0.6 is 0 Å². The number of carbonyl (C=O) groups excluding carboxylic acids is 1. The van der Waals surface area contributed by atoms with Crippen molar-refractivity contribution in [3.05, 3.63) is 28.8 Å². The van der Waals surface area contributed by atoms with Crippen LogP contribution in [0.1, 0.15) is 60.5 Å². The smallest absolute Gasteiger partial charge is 0.253 e. The zero-order chi connectivity index (χ0) is 17.3. The van der Waals surface area contributed by atoms with E-state index in [9.17, 15) is 4.79 Å². The number of hydrogen-bond donors (Lipinski definition) is 1. The lowest BCUT2D eigenvalue weighted by Gasteiger charge is -2.38. The van der Waals surface area contributed by atoms with Crippen LogP contribution in [0, 0.1) is 0 Å². The molecule has 0 spiro atoms. The van der Waals surface area contributed by atoms with E-state index in [1.807, 2.05) is 20.2 Å². The van der Waals surface area contributed by atoms with E-state index in [2.05, 4.69) is 30.1 Å². The van der Waals surface area contributed by atoms with E-state index < -0.39 is 0 Å². The van der Waals surface area contributed by atoms with Crippen LogP contribution in [0.2, 0.25) is 0 Å². The molecule has 1 N–H and O–H groups in total. The number of amides is 1. The molecule has 1 aliphatic heterocycles. The Kier molecular flexibility index (Phi) is 5.14. The molecule has 1 heterocycles. The van der Waals surface area contributed by atoms with Crippen LogP contribution in [0.25, 0.3) is 0 Å². The van der Waals surface area contributed by atoms with E-state index in [4.69, 9.17) is 0 Å². The van der Waals surface area contributed by atoms with Crippen LogP contribution in [0.3, 0.4) is 0 Å². The SMILES string of the molecule is CCCN(CCC)C1Cc2c(C(=O)N(C)C)ccc3c2C(CN3)C1. The molecule has 2 aliphatic rings. The van der Waals surface area contributed by atoms with Crippen LogP contribution in [-0.2, 0) is 6.42 Å². The summed E-state index contributed by atoms with van der Waals surface area (Å²) >= 11 is 0. The summed E-state index contributed by atoms with van der Waals surface area (Å²) in [5.74, 6) is 0.691. The number of anilines is 1. The molecular formula is C20H31N3O. The fraction of sp³-hybridized carbons (Fsp3) is 0.650. The van der Waals surface area contributed by atoms with Gasteiger partial charge in [0, 0.05) is 43.9 Å². The largest absolute Gasteiger partial charge is 0.384 e. The van der Waals surface area contributed by atoms with Gasteiger partial charge in [0.25, 0.3) is 5.91 Å². The first kappa shape index (κ1) is 17.3. The quantitative estimate of drug-likeness (QED) is 0.869. The van der Waals surface area contributed by atoms with Gasteiger partial charge in [0.2, 0.25) is 0 Å². The van der Waals surface area contributed by atoms with E-state index in [0.29, 0.717) is 12.0 Å². The fourth-order valence-electron chi connectivity index (χ4n) is 4.46. The van der Waals surface area contributed by atoms with Gasteiger partial charge in [0.15, 0.2) is 0 Å². The molecule has 3 rings (SSSR count). The van der Waals surface area contributed by atoms with Gasteiger partial charge >= 0.3 is 0 Å². The minimum Gasteiger partial charge on any atom is -0.384 e. The summed E-state index contributed by atoms with van der Waals surface area (Å²) in [6.45, 7) is 7.85. The van der Waals surface area contributed by atoms with Gasteiger partial charge in [0.05, 0.1) is 0 Å². The van der Waals surface area contributed by atoms with E-state index in [1.54, 1.807) is 4.90 Å². The standard InChI is InChI=1S/C20H31N3O/c1-5-9-23(10-6-2)15-11-14-13-21-18-8-7-16(20(24)22(3)4)17(12-15)19(14)18/h7-8,14-15,21H,5-6,9-13H2,1-4H3. The maximum absolute atomic E-state index is 12.7. The van der Waals surface area contributed by atoms with Gasteiger partial charge in [-0.2, -0.15) is 0 Å². The molecule has 132 valence electrons. The Hall–Kier alpha value is -1.55. The van der Waals surface area contributed by atoms with Crippen LogP contribution < -0.4 is 5.32 Å². The Morgan fingerprint density at radius 1 is 1.21 bits per heavy atom. The lowest BCUT2D eigenvalue weighted by atomic mass is 9.78. The first-order valence-electron chi connectivity index (χ1n) is 9.42. The van der Waals surface area contributed by atoms with Crippen molar-refractivity contribution in [2.45, 2.75) is 51.5 Å². The van der Waals surface area contributed by atoms with Gasteiger partial charge in [-0.15, -0.1) is 0 Å². The van der Waals surface area contributed by atoms with Crippen LogP contribution in [0.15, 0.2) is 12.1 Å². The third kappa shape index (κ3) is 3.04. The van der Waals surface area contributed by atoms with Crippen molar-refractivity contribution in [3.63, 3.8) is 0 Å². The van der Waals surface area contributed by atoms with Crippen LogP contribution in [0.5, 0.6) is 0 Å². The average molecular weight is 329 g/mol. The number of carbonyl (C=O) groups is 1. The van der Waals surface area contributed by atoms with Crippen molar-refractivity contribution in [2.24, 2.45) is 0 Å². The molecule has 2 atom stereocenters. The van der Waals surface area contributed by atoms with Gasteiger partial charge < -0.3 is 15.1 Å². The van der Waals surface area contributed by atoms with Crippen molar-refractivity contribution in [1.29, 1.82) is 0 Å². The fourth-order valence-corrected chi connectivity index (χ4v) is 4.46. The molecule has 0 bridgehead atoms. The first-order valence-corrected chi connectivity index (χ1v) is 9.42. The first-order chi connectivity index (χ1) is 11.6. The molecular weight excluding hydrogens is 298 g/mol. The minimum absolute atomic E-state index is 0.136. The van der Waals surface area contributed by atoms with Gasteiger partial charge in [0.1, 0.15) is 0 Å². The highest BCUT2D eigenvalue weighted by Gasteiger charge is 2.37. The molecule has 0 saturated heterocycles. The summed E-state index contributed by atoms with van der Waals surface area (Å²) in [4.78, 5) is 17.0. The third-order valence-electron chi connectivity index (χ3n) is 5.48. The van der Waals surface area contributed by atoms with Crippen LogP contribution in [-0.4, -0.2) is 55.5 Å². The van der Waals surface area contributed by atoms with Gasteiger partial charge in [-0.3, -0.25) is 4.79 Å². The second-order valence-electron chi connectivity index (χ2n) is 7.46. The summed E-state index contributed by atoms with van der Waals surface area (Å²) in [5.41, 5.74) is 4.88. The minimum atomic E-state index is 0.136. The zero-order valence-corrected chi connectivity index (χ0v) is 15.6. The van der Waals surface area contributed by atoms with Gasteiger partial charge in [-0.25, -0.2) is 0 Å². The van der Waals surface area contributed by atoms with Crippen molar-refractivity contribution < 1.29 is 4.79 Å². The molecule has 1 aromatic rings. The summed E-state index contributed by atoms with van der Waals surface area (Å²) in [7, 11) is 3.69. The normalized spacial score (nSPS) is 21.5. The Morgan fingerprint density at radius 3 is 2.54 bits per heavy atom. The summed E-state index contributed by atoms with van der Waals surface area (Å²) < 4.78 is 0. The van der Waals surface area contributed by atoms with Crippen molar-refractivity contribution in [1.82, 2.24) is 9.80 Å². The molecule has 1 aliphatic carbocycles. The van der Waals surface area contributed by atoms with Crippen LogP contribution in [0.4, 0.5) is 5.69 Å². The Bertz CT molecular complexity index is 605. The highest BCUT2D eigenvalue weighted by Crippen LogP contribution is 2.44. The van der Waals surface area contributed by atoms with Crippen molar-refractivity contribution >= 4 is 11.6 Å². The number of hydrogen-bond acceptors (Lipinski definition) is 3. The van der Waals surface area contributed by atoms with E-state index in [1.165, 1.54) is 36.1 Å². The molecule has 4 nitrogen and oxygen atoms in total. The lowest BCUT2D eigenvalue weighted by Crippen LogP contribution is -2.42. The summed E-state index contributed by atoms with van der Waals surface area (Å²) in [6.07, 6.45) is 4.61. The van der Waals surface area contributed by atoms with Gasteiger partial charge in [-0.05, 0) is 62.0 Å². The molecule has 1 aromatic carbocycles. The molecule has 2 unspecified atom stereocenters. The molecule has 24 heavy (non-hydrogen) atoms. The lowest BCUT2D eigenvalue weighted by molar-refractivity contribution is 0.0825. The second kappa shape index (κ2) is 7.14. The van der Waals surface area contributed by atoms with E-state index in [-0.39, 0.29) is 5.91 Å². The van der Waals surface area contributed by atoms with Crippen molar-refractivity contribution in [3.8, 4) is 0 Å². The number of rotatable bonds is 6. The maximum Gasteiger partial charge on any atom is 0.253 e.